The van der Waals surface area contributed by atoms with Gasteiger partial charge in [0.2, 0.25) is 11.8 Å². The molecule has 0 heterocycles. The molecule has 170 valence electrons. The summed E-state index contributed by atoms with van der Waals surface area (Å²) in [5.41, 5.74) is 0.471. The van der Waals surface area contributed by atoms with E-state index in [4.69, 9.17) is 0 Å². The van der Waals surface area contributed by atoms with Crippen LogP contribution in [-0.2, 0) is 9.59 Å². The van der Waals surface area contributed by atoms with E-state index in [1.165, 1.54) is 96.3 Å². The molecule has 0 aliphatic carbocycles. The van der Waals surface area contributed by atoms with Gasteiger partial charge in [0, 0.05) is 25.1 Å². The molecule has 0 rings (SSSR count). The van der Waals surface area contributed by atoms with Crippen LogP contribution in [0.15, 0.2) is 12.2 Å². The van der Waals surface area contributed by atoms with Crippen LogP contribution in [0.1, 0.15) is 123 Å². The highest BCUT2D eigenvalue weighted by atomic mass is 16.2. The highest BCUT2D eigenvalue weighted by molar-refractivity contribution is 5.92. The summed E-state index contributed by atoms with van der Waals surface area (Å²) in [7, 11) is 0. The lowest BCUT2D eigenvalue weighted by molar-refractivity contribution is -0.121. The van der Waals surface area contributed by atoms with E-state index in [1.54, 1.807) is 6.92 Å². The Morgan fingerprint density at radius 3 is 1.45 bits per heavy atom. The van der Waals surface area contributed by atoms with Crippen molar-refractivity contribution in [2.45, 2.75) is 123 Å². The Morgan fingerprint density at radius 1 is 0.621 bits per heavy atom. The van der Waals surface area contributed by atoms with Crippen molar-refractivity contribution in [1.82, 2.24) is 10.6 Å². The first-order valence-electron chi connectivity index (χ1n) is 12.3. The molecule has 0 aliphatic heterocycles. The second-order valence-electron chi connectivity index (χ2n) is 8.44. The van der Waals surface area contributed by atoms with Gasteiger partial charge in [0.1, 0.15) is 0 Å². The van der Waals surface area contributed by atoms with E-state index in [0.717, 1.165) is 13.0 Å². The highest BCUT2D eigenvalue weighted by Crippen LogP contribution is 2.13. The third-order valence-corrected chi connectivity index (χ3v) is 5.38. The monoisotopic (exact) mass is 408 g/mol. The number of amides is 2. The normalized spacial score (nSPS) is 10.7. The molecule has 0 radical (unpaired) electrons. The SMILES string of the molecule is C=C(C)C(=O)NCCC(=O)NCCCCCCCCCCCCCCCCCC. The number of rotatable bonds is 21. The lowest BCUT2D eigenvalue weighted by Crippen LogP contribution is -2.31. The Kier molecular flexibility index (Phi) is 20.4. The molecule has 29 heavy (non-hydrogen) atoms. The van der Waals surface area contributed by atoms with E-state index < -0.39 is 0 Å². The number of hydrogen-bond acceptors (Lipinski definition) is 2. The largest absolute Gasteiger partial charge is 0.356 e. The van der Waals surface area contributed by atoms with Gasteiger partial charge in [0.25, 0.3) is 0 Å². The number of carbonyl (C=O) groups is 2. The van der Waals surface area contributed by atoms with Crippen LogP contribution in [0.4, 0.5) is 0 Å². The second-order valence-corrected chi connectivity index (χ2v) is 8.44. The van der Waals surface area contributed by atoms with Crippen molar-refractivity contribution in [2.24, 2.45) is 0 Å². The van der Waals surface area contributed by atoms with Crippen molar-refractivity contribution in [3.63, 3.8) is 0 Å². The third-order valence-electron chi connectivity index (χ3n) is 5.38. The van der Waals surface area contributed by atoms with Gasteiger partial charge in [-0.15, -0.1) is 0 Å². The van der Waals surface area contributed by atoms with Gasteiger partial charge in [-0.2, -0.15) is 0 Å². The van der Waals surface area contributed by atoms with Crippen molar-refractivity contribution in [1.29, 1.82) is 0 Å². The van der Waals surface area contributed by atoms with Crippen LogP contribution in [0.5, 0.6) is 0 Å². The molecule has 0 fully saturated rings. The average Bonchev–Trinajstić information content (AvgIpc) is 2.70. The number of carbonyl (C=O) groups excluding carboxylic acids is 2. The number of nitrogens with one attached hydrogen (secondary N) is 2. The smallest absolute Gasteiger partial charge is 0.246 e. The maximum atomic E-state index is 11.7. The molecule has 4 heteroatoms. The summed E-state index contributed by atoms with van der Waals surface area (Å²) in [6, 6.07) is 0. The van der Waals surface area contributed by atoms with Crippen molar-refractivity contribution in [3.05, 3.63) is 12.2 Å². The van der Waals surface area contributed by atoms with E-state index in [0.29, 0.717) is 18.5 Å². The topological polar surface area (TPSA) is 58.2 Å². The Hall–Kier alpha value is -1.32. The standard InChI is InChI=1S/C25H48N2O2/c1-4-5-6-7-8-9-10-11-12-13-14-15-16-17-18-19-21-26-24(28)20-22-27-25(29)23(2)3/h2,4-22H2,1,3H3,(H,26,28)(H,27,29). The van der Waals surface area contributed by atoms with Gasteiger partial charge in [-0.1, -0.05) is 110 Å². The number of hydrogen-bond donors (Lipinski definition) is 2. The first-order valence-corrected chi connectivity index (χ1v) is 12.3. The van der Waals surface area contributed by atoms with Crippen molar-refractivity contribution >= 4 is 11.8 Å². The molecule has 2 N–H and O–H groups in total. The lowest BCUT2D eigenvalue weighted by Gasteiger charge is -2.07. The highest BCUT2D eigenvalue weighted by Gasteiger charge is 2.03. The molecule has 0 aromatic heterocycles. The van der Waals surface area contributed by atoms with E-state index >= 15 is 0 Å². The molecule has 0 aliphatic rings. The Balaban J connectivity index is 3.19. The van der Waals surface area contributed by atoms with Crippen LogP contribution < -0.4 is 10.6 Å². The van der Waals surface area contributed by atoms with Crippen LogP contribution in [-0.4, -0.2) is 24.9 Å². The van der Waals surface area contributed by atoms with Crippen molar-refractivity contribution in [2.75, 3.05) is 13.1 Å². The van der Waals surface area contributed by atoms with Gasteiger partial charge in [-0.05, 0) is 13.3 Å². The zero-order valence-electron chi connectivity index (χ0n) is 19.5. The summed E-state index contributed by atoms with van der Waals surface area (Å²) in [5.74, 6) is -0.177. The minimum absolute atomic E-state index is 0.00738. The van der Waals surface area contributed by atoms with Crippen LogP contribution in [0.25, 0.3) is 0 Å². The van der Waals surface area contributed by atoms with Gasteiger partial charge >= 0.3 is 0 Å². The Bertz CT molecular complexity index is 421. The van der Waals surface area contributed by atoms with Crippen LogP contribution in [0, 0.1) is 0 Å². The van der Waals surface area contributed by atoms with Gasteiger partial charge in [0.05, 0.1) is 0 Å². The zero-order valence-corrected chi connectivity index (χ0v) is 19.5. The summed E-state index contributed by atoms with van der Waals surface area (Å²) in [6.07, 6.45) is 22.0. The van der Waals surface area contributed by atoms with Crippen LogP contribution in [0.2, 0.25) is 0 Å². The maximum absolute atomic E-state index is 11.7. The molecule has 0 saturated heterocycles. The molecule has 4 nitrogen and oxygen atoms in total. The van der Waals surface area contributed by atoms with Crippen LogP contribution >= 0.6 is 0 Å². The fraction of sp³-hybridized carbons (Fsp3) is 0.840. The van der Waals surface area contributed by atoms with E-state index in [2.05, 4.69) is 24.1 Å². The quantitative estimate of drug-likeness (QED) is 0.169. The molecule has 0 saturated carbocycles. The fourth-order valence-electron chi connectivity index (χ4n) is 3.43. The second kappa shape index (κ2) is 21.4. The molecule has 0 aromatic rings. The minimum atomic E-state index is -0.185. The zero-order chi connectivity index (χ0) is 21.6. The fourth-order valence-corrected chi connectivity index (χ4v) is 3.43. The Morgan fingerprint density at radius 2 is 1.03 bits per heavy atom. The molecule has 0 bridgehead atoms. The lowest BCUT2D eigenvalue weighted by atomic mass is 10.0. The minimum Gasteiger partial charge on any atom is -0.356 e. The first kappa shape index (κ1) is 27.7. The van der Waals surface area contributed by atoms with Gasteiger partial charge in [-0.25, -0.2) is 0 Å². The summed E-state index contributed by atoms with van der Waals surface area (Å²) in [5, 5.41) is 5.59. The summed E-state index contributed by atoms with van der Waals surface area (Å²) < 4.78 is 0. The van der Waals surface area contributed by atoms with Gasteiger partial charge in [0.15, 0.2) is 0 Å². The molecular formula is C25H48N2O2. The Labute approximate surface area is 180 Å². The molecule has 0 atom stereocenters. The number of unbranched alkanes of at least 4 members (excludes halogenated alkanes) is 15. The van der Waals surface area contributed by atoms with Crippen molar-refractivity contribution < 1.29 is 9.59 Å². The van der Waals surface area contributed by atoms with E-state index in [1.807, 2.05) is 0 Å². The average molecular weight is 409 g/mol. The maximum Gasteiger partial charge on any atom is 0.246 e. The predicted octanol–water partition coefficient (Wildman–Crippen LogP) is 6.45. The molecule has 2 amide bonds. The third kappa shape index (κ3) is 21.2. The molecule has 0 aromatic carbocycles. The van der Waals surface area contributed by atoms with Gasteiger partial charge in [-0.3, -0.25) is 9.59 Å². The molecular weight excluding hydrogens is 360 g/mol. The van der Waals surface area contributed by atoms with E-state index in [9.17, 15) is 9.59 Å². The van der Waals surface area contributed by atoms with Crippen molar-refractivity contribution in [3.8, 4) is 0 Å². The first-order chi connectivity index (χ1) is 14.1. The van der Waals surface area contributed by atoms with E-state index in [-0.39, 0.29) is 11.8 Å². The molecule has 0 unspecified atom stereocenters. The van der Waals surface area contributed by atoms with Crippen LogP contribution in [0.3, 0.4) is 0 Å². The summed E-state index contributed by atoms with van der Waals surface area (Å²) in [6.45, 7) is 8.62. The summed E-state index contributed by atoms with van der Waals surface area (Å²) >= 11 is 0. The molecule has 0 spiro atoms. The predicted molar refractivity (Wildman–Crippen MR) is 125 cm³/mol. The summed E-state index contributed by atoms with van der Waals surface area (Å²) in [4.78, 5) is 23.0. The van der Waals surface area contributed by atoms with Gasteiger partial charge < -0.3 is 10.6 Å².